The Bertz CT molecular complexity index is 1150. The average Bonchev–Trinajstić information content (AvgIpc) is 3.10. The molecule has 1 N–H and O–H groups in total. The molecule has 3 rings (SSSR count). The number of nitriles is 1. The summed E-state index contributed by atoms with van der Waals surface area (Å²) in [6, 6.07) is 9.04. The predicted molar refractivity (Wildman–Crippen MR) is 114 cm³/mol. The van der Waals surface area contributed by atoms with Crippen LogP contribution in [-0.4, -0.2) is 28.1 Å². The van der Waals surface area contributed by atoms with Gasteiger partial charge in [0.15, 0.2) is 5.75 Å². The van der Waals surface area contributed by atoms with Crippen LogP contribution >= 0.6 is 0 Å². The summed E-state index contributed by atoms with van der Waals surface area (Å²) in [5, 5.41) is 21.3. The number of rotatable bonds is 7. The van der Waals surface area contributed by atoms with Crippen LogP contribution in [-0.2, 0) is 0 Å². The third-order valence-electron chi connectivity index (χ3n) is 4.63. The molecule has 0 saturated heterocycles. The SMILES string of the molecule is CCOc1cc(/C=C(/C#N)c2nc3cc(C)c(C)cc3[nH]2)cc([N+](=O)[O-])c1OCC. The summed E-state index contributed by atoms with van der Waals surface area (Å²) in [6.07, 6.45) is 1.54. The number of allylic oxidation sites excluding steroid dienone is 1. The van der Waals surface area contributed by atoms with E-state index in [9.17, 15) is 15.4 Å². The van der Waals surface area contributed by atoms with Crippen molar-refractivity contribution in [1.29, 1.82) is 5.26 Å². The number of aromatic amines is 1. The Labute approximate surface area is 173 Å². The molecule has 0 aliphatic rings. The normalized spacial score (nSPS) is 11.4. The smallest absolute Gasteiger partial charge is 0.315 e. The largest absolute Gasteiger partial charge is 0.490 e. The molecule has 1 heterocycles. The predicted octanol–water partition coefficient (Wildman–Crippen LogP) is 4.95. The summed E-state index contributed by atoms with van der Waals surface area (Å²) >= 11 is 0. The van der Waals surface area contributed by atoms with Gasteiger partial charge in [0, 0.05) is 6.07 Å². The Kier molecular flexibility index (Phi) is 6.02. The minimum Gasteiger partial charge on any atom is -0.490 e. The molecule has 0 unspecified atom stereocenters. The van der Waals surface area contributed by atoms with Gasteiger partial charge < -0.3 is 14.5 Å². The fourth-order valence-electron chi connectivity index (χ4n) is 3.10. The van der Waals surface area contributed by atoms with E-state index in [0.29, 0.717) is 18.0 Å². The standard InChI is InChI=1S/C22H22N4O4/c1-5-29-20-11-15(10-19(26(27)28)21(20)30-6-2)9-16(12-23)22-24-17-7-13(3)14(4)8-18(17)25-22/h7-11H,5-6H2,1-4H3,(H,24,25)/b16-9-. The van der Waals surface area contributed by atoms with E-state index in [1.165, 1.54) is 6.07 Å². The quantitative estimate of drug-likeness (QED) is 0.337. The number of ether oxygens (including phenoxy) is 2. The Morgan fingerprint density at radius 2 is 1.90 bits per heavy atom. The van der Waals surface area contributed by atoms with Crippen molar-refractivity contribution >= 4 is 28.4 Å². The van der Waals surface area contributed by atoms with Crippen LogP contribution in [0.2, 0.25) is 0 Å². The van der Waals surface area contributed by atoms with E-state index >= 15 is 0 Å². The second-order valence-corrected chi connectivity index (χ2v) is 6.70. The average molecular weight is 406 g/mol. The molecular formula is C22H22N4O4. The maximum atomic E-state index is 11.6. The molecule has 1 aromatic heterocycles. The minimum atomic E-state index is -0.524. The number of hydrogen-bond acceptors (Lipinski definition) is 6. The highest BCUT2D eigenvalue weighted by atomic mass is 16.6. The van der Waals surface area contributed by atoms with Gasteiger partial charge in [-0.3, -0.25) is 10.1 Å². The van der Waals surface area contributed by atoms with Gasteiger partial charge in [-0.2, -0.15) is 5.26 Å². The molecule has 0 radical (unpaired) electrons. The summed E-state index contributed by atoms with van der Waals surface area (Å²) in [7, 11) is 0. The molecule has 8 heteroatoms. The van der Waals surface area contributed by atoms with Gasteiger partial charge in [-0.15, -0.1) is 0 Å². The summed E-state index contributed by atoms with van der Waals surface area (Å²) in [5.74, 6) is 0.731. The minimum absolute atomic E-state index is 0.0784. The molecule has 0 spiro atoms. The van der Waals surface area contributed by atoms with Crippen molar-refractivity contribution < 1.29 is 14.4 Å². The number of hydrogen-bond donors (Lipinski definition) is 1. The Morgan fingerprint density at radius 3 is 2.53 bits per heavy atom. The van der Waals surface area contributed by atoms with Gasteiger partial charge >= 0.3 is 5.69 Å². The maximum Gasteiger partial charge on any atom is 0.315 e. The van der Waals surface area contributed by atoms with Crippen LogP contribution in [0.1, 0.15) is 36.4 Å². The number of nitro benzene ring substituents is 1. The number of aryl methyl sites for hydroxylation is 2. The molecule has 154 valence electrons. The van der Waals surface area contributed by atoms with Crippen LogP contribution < -0.4 is 9.47 Å². The Balaban J connectivity index is 2.13. The number of H-pyrrole nitrogens is 1. The summed E-state index contributed by atoms with van der Waals surface area (Å²) in [6.45, 7) is 8.10. The van der Waals surface area contributed by atoms with Gasteiger partial charge in [0.1, 0.15) is 11.9 Å². The van der Waals surface area contributed by atoms with Crippen LogP contribution in [0.5, 0.6) is 11.5 Å². The van der Waals surface area contributed by atoms with E-state index in [4.69, 9.17) is 9.47 Å². The fraction of sp³-hybridized carbons (Fsp3) is 0.273. The topological polar surface area (TPSA) is 114 Å². The molecule has 0 bridgehead atoms. The van der Waals surface area contributed by atoms with Crippen molar-refractivity contribution in [3.63, 3.8) is 0 Å². The molecule has 0 fully saturated rings. The zero-order valence-electron chi connectivity index (χ0n) is 17.3. The number of nitrogens with zero attached hydrogens (tertiary/aromatic N) is 3. The van der Waals surface area contributed by atoms with E-state index in [-0.39, 0.29) is 29.4 Å². The van der Waals surface area contributed by atoms with Gasteiger partial charge in [-0.25, -0.2) is 4.98 Å². The van der Waals surface area contributed by atoms with Gasteiger partial charge in [0.05, 0.1) is 34.7 Å². The first kappa shape index (κ1) is 20.9. The molecule has 0 aliphatic heterocycles. The number of nitrogens with one attached hydrogen (secondary N) is 1. The molecule has 0 amide bonds. The van der Waals surface area contributed by atoms with Gasteiger partial charge in [-0.1, -0.05) is 0 Å². The molecule has 30 heavy (non-hydrogen) atoms. The van der Waals surface area contributed by atoms with Crippen molar-refractivity contribution in [2.45, 2.75) is 27.7 Å². The molecule has 0 atom stereocenters. The third kappa shape index (κ3) is 4.10. The number of fused-ring (bicyclic) bond motifs is 1. The van der Waals surface area contributed by atoms with Gasteiger partial charge in [-0.05, 0) is 68.7 Å². The number of benzene rings is 2. The zero-order valence-corrected chi connectivity index (χ0v) is 17.3. The first-order valence-corrected chi connectivity index (χ1v) is 9.55. The van der Waals surface area contributed by atoms with Crippen LogP contribution in [0, 0.1) is 35.3 Å². The second kappa shape index (κ2) is 8.66. The molecular weight excluding hydrogens is 384 g/mol. The van der Waals surface area contributed by atoms with Gasteiger partial charge in [0.25, 0.3) is 0 Å². The first-order valence-electron chi connectivity index (χ1n) is 9.55. The zero-order chi connectivity index (χ0) is 21.8. The van der Waals surface area contributed by atoms with E-state index < -0.39 is 4.92 Å². The van der Waals surface area contributed by atoms with Crippen molar-refractivity contribution in [1.82, 2.24) is 9.97 Å². The van der Waals surface area contributed by atoms with Crippen LogP contribution in [0.15, 0.2) is 24.3 Å². The third-order valence-corrected chi connectivity index (χ3v) is 4.63. The van der Waals surface area contributed by atoms with E-state index in [1.54, 1.807) is 26.0 Å². The van der Waals surface area contributed by atoms with Crippen LogP contribution in [0.25, 0.3) is 22.7 Å². The molecule has 0 aliphatic carbocycles. The molecule has 3 aromatic rings. The van der Waals surface area contributed by atoms with Crippen molar-refractivity contribution in [3.8, 4) is 17.6 Å². The lowest BCUT2D eigenvalue weighted by atomic mass is 10.1. The highest BCUT2D eigenvalue weighted by Crippen LogP contribution is 2.39. The lowest BCUT2D eigenvalue weighted by molar-refractivity contribution is -0.386. The number of nitro groups is 1. The molecule has 2 aromatic carbocycles. The highest BCUT2D eigenvalue weighted by Gasteiger charge is 2.22. The van der Waals surface area contributed by atoms with Crippen LogP contribution in [0.3, 0.4) is 0 Å². The monoisotopic (exact) mass is 406 g/mol. The summed E-state index contributed by atoms with van der Waals surface area (Å²) in [4.78, 5) is 18.7. The molecule has 0 saturated carbocycles. The van der Waals surface area contributed by atoms with Gasteiger partial charge in [0.2, 0.25) is 5.75 Å². The second-order valence-electron chi connectivity index (χ2n) is 6.70. The summed E-state index contributed by atoms with van der Waals surface area (Å²) in [5.41, 5.74) is 4.27. The van der Waals surface area contributed by atoms with Crippen LogP contribution in [0.4, 0.5) is 5.69 Å². The first-order chi connectivity index (χ1) is 14.4. The Hall–Kier alpha value is -3.86. The van der Waals surface area contributed by atoms with E-state index in [0.717, 1.165) is 22.2 Å². The number of aromatic nitrogens is 2. The highest BCUT2D eigenvalue weighted by molar-refractivity contribution is 5.91. The number of imidazole rings is 1. The van der Waals surface area contributed by atoms with Crippen molar-refractivity contribution in [3.05, 3.63) is 56.9 Å². The van der Waals surface area contributed by atoms with E-state index in [1.807, 2.05) is 26.0 Å². The van der Waals surface area contributed by atoms with Crippen molar-refractivity contribution in [2.75, 3.05) is 13.2 Å². The van der Waals surface area contributed by atoms with E-state index in [2.05, 4.69) is 16.0 Å². The summed E-state index contributed by atoms with van der Waals surface area (Å²) < 4.78 is 11.0. The lowest BCUT2D eigenvalue weighted by Crippen LogP contribution is -2.02. The lowest BCUT2D eigenvalue weighted by Gasteiger charge is -2.12. The maximum absolute atomic E-state index is 11.6. The molecule has 8 nitrogen and oxygen atoms in total. The Morgan fingerprint density at radius 1 is 1.20 bits per heavy atom. The fourth-order valence-corrected chi connectivity index (χ4v) is 3.10. The van der Waals surface area contributed by atoms with Crippen molar-refractivity contribution in [2.24, 2.45) is 0 Å².